The summed E-state index contributed by atoms with van der Waals surface area (Å²) < 4.78 is 0. The van der Waals surface area contributed by atoms with Crippen LogP contribution in [0.25, 0.3) is 0 Å². The fourth-order valence-corrected chi connectivity index (χ4v) is 1.55. The third-order valence-corrected chi connectivity index (χ3v) is 2.24. The Morgan fingerprint density at radius 3 is 2.67 bits per heavy atom. The number of thiophene rings is 1. The lowest BCUT2D eigenvalue weighted by Crippen LogP contribution is -1.84. The van der Waals surface area contributed by atoms with Gasteiger partial charge in [-0.25, -0.2) is 0 Å². The smallest absolute Gasteiger partial charge is 0.0933 e. The Labute approximate surface area is 75.7 Å². The monoisotopic (exact) mass is 174 g/mol. The third-order valence-electron chi connectivity index (χ3n) is 1.51. The highest BCUT2D eigenvalue weighted by Crippen LogP contribution is 2.20. The van der Waals surface area contributed by atoms with Crippen LogP contribution in [0.4, 0.5) is 10.7 Å². The molecule has 0 fully saturated rings. The van der Waals surface area contributed by atoms with Crippen molar-refractivity contribution in [3.63, 3.8) is 0 Å². The van der Waals surface area contributed by atoms with E-state index in [1.54, 1.807) is 11.3 Å². The number of benzene rings is 1. The van der Waals surface area contributed by atoms with Gasteiger partial charge in [0.15, 0.2) is 0 Å². The van der Waals surface area contributed by atoms with Gasteiger partial charge >= 0.3 is 0 Å². The molecule has 0 atom stereocenters. The first-order chi connectivity index (χ1) is 5.95. The highest BCUT2D eigenvalue weighted by Gasteiger charge is 1.92. The Kier molecular flexibility index (Phi) is 2.10. The quantitative estimate of drug-likeness (QED) is 0.736. The highest BCUT2D eigenvalue weighted by molar-refractivity contribution is 7.14. The summed E-state index contributed by atoms with van der Waals surface area (Å²) in [5, 5.41) is 6.33. The average molecular weight is 174 g/mol. The first-order valence-electron chi connectivity index (χ1n) is 3.72. The summed E-state index contributed by atoms with van der Waals surface area (Å²) in [6.07, 6.45) is 0. The molecule has 12 heavy (non-hydrogen) atoms. The van der Waals surface area contributed by atoms with E-state index in [-0.39, 0.29) is 0 Å². The van der Waals surface area contributed by atoms with Crippen LogP contribution in [0, 0.1) is 6.07 Å². The molecule has 1 nitrogen and oxygen atoms in total. The van der Waals surface area contributed by atoms with E-state index < -0.39 is 0 Å². The maximum absolute atomic E-state index is 3.27. The van der Waals surface area contributed by atoms with Crippen molar-refractivity contribution in [3.05, 3.63) is 47.8 Å². The molecule has 2 aromatic rings. The van der Waals surface area contributed by atoms with Crippen molar-refractivity contribution in [2.24, 2.45) is 0 Å². The van der Waals surface area contributed by atoms with Crippen molar-refractivity contribution in [2.75, 3.05) is 5.32 Å². The Balaban J connectivity index is 2.15. The molecule has 1 heterocycles. The molecule has 0 unspecified atom stereocenters. The minimum Gasteiger partial charge on any atom is -0.347 e. The fourth-order valence-electron chi connectivity index (χ4n) is 0.971. The molecular formula is C10H8NS. The molecule has 1 aromatic carbocycles. The lowest BCUT2D eigenvalue weighted by molar-refractivity contribution is 1.61. The summed E-state index contributed by atoms with van der Waals surface area (Å²) in [5.41, 5.74) is 1.12. The van der Waals surface area contributed by atoms with Crippen LogP contribution in [-0.4, -0.2) is 0 Å². The summed E-state index contributed by atoms with van der Waals surface area (Å²) in [6, 6.07) is 15.1. The lowest BCUT2D eigenvalue weighted by Gasteiger charge is -2.00. The summed E-state index contributed by atoms with van der Waals surface area (Å²) in [5.74, 6) is 0. The molecule has 0 amide bonds. The maximum Gasteiger partial charge on any atom is 0.0933 e. The molecule has 0 aliphatic carbocycles. The zero-order valence-corrected chi connectivity index (χ0v) is 7.27. The molecule has 0 aliphatic heterocycles. The van der Waals surface area contributed by atoms with Gasteiger partial charge < -0.3 is 5.32 Å². The molecule has 2 rings (SSSR count). The van der Waals surface area contributed by atoms with Gasteiger partial charge in [0, 0.05) is 11.1 Å². The predicted octanol–water partition coefficient (Wildman–Crippen LogP) is 3.29. The Bertz CT molecular complexity index is 326. The molecule has 1 N–H and O–H groups in total. The van der Waals surface area contributed by atoms with Crippen LogP contribution in [0.5, 0.6) is 0 Å². The Morgan fingerprint density at radius 2 is 2.00 bits per heavy atom. The summed E-state index contributed by atoms with van der Waals surface area (Å²) in [6.45, 7) is 0. The van der Waals surface area contributed by atoms with Crippen molar-refractivity contribution in [1.29, 1.82) is 0 Å². The first kappa shape index (κ1) is 7.37. The molecule has 1 aromatic heterocycles. The van der Waals surface area contributed by atoms with Crippen LogP contribution < -0.4 is 5.32 Å². The van der Waals surface area contributed by atoms with E-state index in [2.05, 4.69) is 11.4 Å². The molecule has 0 spiro atoms. The zero-order chi connectivity index (χ0) is 8.23. The van der Waals surface area contributed by atoms with E-state index in [0.29, 0.717) is 0 Å². The predicted molar refractivity (Wildman–Crippen MR) is 52.9 cm³/mol. The van der Waals surface area contributed by atoms with E-state index in [1.807, 2.05) is 41.8 Å². The van der Waals surface area contributed by atoms with E-state index in [1.165, 1.54) is 0 Å². The summed E-state index contributed by atoms with van der Waals surface area (Å²) >= 11 is 1.65. The van der Waals surface area contributed by atoms with Crippen molar-refractivity contribution in [1.82, 2.24) is 0 Å². The number of anilines is 2. The highest BCUT2D eigenvalue weighted by atomic mass is 32.1. The second-order valence-electron chi connectivity index (χ2n) is 2.40. The minimum absolute atomic E-state index is 1.12. The van der Waals surface area contributed by atoms with E-state index >= 15 is 0 Å². The molecule has 59 valence electrons. The van der Waals surface area contributed by atoms with Crippen LogP contribution >= 0.6 is 11.3 Å². The van der Waals surface area contributed by atoms with Gasteiger partial charge in [0.2, 0.25) is 0 Å². The Hall–Kier alpha value is -1.28. The van der Waals surface area contributed by atoms with Gasteiger partial charge in [0.25, 0.3) is 0 Å². The molecular weight excluding hydrogens is 166 g/mol. The molecule has 1 radical (unpaired) electrons. The first-order valence-corrected chi connectivity index (χ1v) is 4.60. The topological polar surface area (TPSA) is 12.0 Å². The second kappa shape index (κ2) is 3.41. The fraction of sp³-hybridized carbons (Fsp3) is 0. The summed E-state index contributed by atoms with van der Waals surface area (Å²) in [4.78, 5) is 0. The number of rotatable bonds is 2. The van der Waals surface area contributed by atoms with E-state index in [0.717, 1.165) is 10.7 Å². The van der Waals surface area contributed by atoms with Crippen molar-refractivity contribution in [2.45, 2.75) is 0 Å². The standard InChI is InChI=1S/C10H8NS/c1-2-5-9(6-3-1)11-10-7-4-8-12-10/h1-3,5-8,11H. The SMILES string of the molecule is [c]1csc(Nc2ccccc2)c1. The molecule has 2 heteroatoms. The molecule has 0 saturated carbocycles. The van der Waals surface area contributed by atoms with Crippen LogP contribution in [0.1, 0.15) is 0 Å². The number of nitrogens with one attached hydrogen (secondary N) is 1. The van der Waals surface area contributed by atoms with Crippen LogP contribution in [0.2, 0.25) is 0 Å². The van der Waals surface area contributed by atoms with Crippen molar-refractivity contribution < 1.29 is 0 Å². The van der Waals surface area contributed by atoms with Crippen molar-refractivity contribution >= 4 is 22.0 Å². The van der Waals surface area contributed by atoms with Gasteiger partial charge in [-0.2, -0.15) is 0 Å². The Morgan fingerprint density at radius 1 is 1.17 bits per heavy atom. The van der Waals surface area contributed by atoms with Gasteiger partial charge in [0.1, 0.15) is 0 Å². The van der Waals surface area contributed by atoms with Crippen LogP contribution in [0.3, 0.4) is 0 Å². The van der Waals surface area contributed by atoms with E-state index in [4.69, 9.17) is 0 Å². The third kappa shape index (κ3) is 1.66. The van der Waals surface area contributed by atoms with E-state index in [9.17, 15) is 0 Å². The normalized spacial score (nSPS) is 9.67. The summed E-state index contributed by atoms with van der Waals surface area (Å²) in [7, 11) is 0. The van der Waals surface area contributed by atoms with Crippen molar-refractivity contribution in [3.8, 4) is 0 Å². The van der Waals surface area contributed by atoms with Gasteiger partial charge in [-0.05, 0) is 24.3 Å². The number of hydrogen-bond donors (Lipinski definition) is 1. The molecule has 0 aliphatic rings. The molecule has 0 bridgehead atoms. The minimum atomic E-state index is 1.12. The maximum atomic E-state index is 3.27. The number of hydrogen-bond acceptors (Lipinski definition) is 2. The van der Waals surface area contributed by atoms with Gasteiger partial charge in [-0.1, -0.05) is 18.2 Å². The largest absolute Gasteiger partial charge is 0.347 e. The molecule has 0 saturated heterocycles. The number of para-hydroxylation sites is 1. The van der Waals surface area contributed by atoms with Crippen LogP contribution in [0.15, 0.2) is 41.8 Å². The average Bonchev–Trinajstić information content (AvgIpc) is 2.59. The van der Waals surface area contributed by atoms with Gasteiger partial charge in [-0.15, -0.1) is 11.3 Å². The van der Waals surface area contributed by atoms with Gasteiger partial charge in [0.05, 0.1) is 5.00 Å². The zero-order valence-electron chi connectivity index (χ0n) is 6.45. The van der Waals surface area contributed by atoms with Gasteiger partial charge in [-0.3, -0.25) is 0 Å². The lowest BCUT2D eigenvalue weighted by atomic mass is 10.3. The van der Waals surface area contributed by atoms with Crippen LogP contribution in [-0.2, 0) is 0 Å². The second-order valence-corrected chi connectivity index (χ2v) is 3.31.